The predicted octanol–water partition coefficient (Wildman–Crippen LogP) is 6.31. The van der Waals surface area contributed by atoms with Crippen molar-refractivity contribution in [3.8, 4) is 5.75 Å². The summed E-state index contributed by atoms with van der Waals surface area (Å²) in [5, 5.41) is 3.15. The highest BCUT2D eigenvalue weighted by atomic mass is 79.9. The van der Waals surface area contributed by atoms with Crippen molar-refractivity contribution in [2.75, 3.05) is 19.8 Å². The molecule has 1 heterocycles. The van der Waals surface area contributed by atoms with Crippen LogP contribution in [-0.2, 0) is 11.3 Å². The molecule has 0 saturated heterocycles. The van der Waals surface area contributed by atoms with E-state index >= 15 is 0 Å². The summed E-state index contributed by atoms with van der Waals surface area (Å²) in [7, 11) is 0. The Morgan fingerprint density at radius 1 is 0.815 bits per heavy atom. The van der Waals surface area contributed by atoms with Crippen LogP contribution in [0, 0.1) is 0 Å². The van der Waals surface area contributed by atoms with Gasteiger partial charge in [-0.2, -0.15) is 0 Å². The molecule has 0 aliphatic heterocycles. The van der Waals surface area contributed by atoms with Gasteiger partial charge in [-0.25, -0.2) is 0 Å². The molecule has 0 fully saturated rings. The fourth-order valence-corrected chi connectivity index (χ4v) is 4.03. The summed E-state index contributed by atoms with van der Waals surface area (Å²) in [5.41, 5.74) is 2.47. The standard InChI is InChI=1S/C22H19BrClNO2/c23-16-9-10-22(19(24)15-16)27-14-13-26-12-11-25-20-7-3-1-5-17(20)18-6-2-4-8-21(18)25/h1-10,15H,11-14H2. The summed E-state index contributed by atoms with van der Waals surface area (Å²) in [4.78, 5) is 0. The van der Waals surface area contributed by atoms with Gasteiger partial charge in [0.25, 0.3) is 0 Å². The summed E-state index contributed by atoms with van der Waals surface area (Å²) in [6, 6.07) is 22.6. The smallest absolute Gasteiger partial charge is 0.138 e. The Bertz CT molecular complexity index is 1020. The minimum atomic E-state index is 0.467. The number of nitrogens with zero attached hydrogens (tertiary/aromatic N) is 1. The van der Waals surface area contributed by atoms with E-state index in [1.165, 1.54) is 21.8 Å². The molecule has 4 rings (SSSR count). The van der Waals surface area contributed by atoms with Crippen LogP contribution in [0.5, 0.6) is 5.75 Å². The second kappa shape index (κ2) is 8.34. The average Bonchev–Trinajstić information content (AvgIpc) is 3.00. The Morgan fingerprint density at radius 2 is 1.48 bits per heavy atom. The third-order valence-electron chi connectivity index (χ3n) is 4.52. The fourth-order valence-electron chi connectivity index (χ4n) is 3.30. The third-order valence-corrected chi connectivity index (χ3v) is 5.31. The first kappa shape index (κ1) is 18.4. The molecule has 0 bridgehead atoms. The highest BCUT2D eigenvalue weighted by Gasteiger charge is 2.09. The maximum Gasteiger partial charge on any atom is 0.138 e. The van der Waals surface area contributed by atoms with Crippen LogP contribution in [0.25, 0.3) is 21.8 Å². The molecule has 0 amide bonds. The number of hydrogen-bond donors (Lipinski definition) is 0. The van der Waals surface area contributed by atoms with E-state index in [1.54, 1.807) is 0 Å². The molecule has 27 heavy (non-hydrogen) atoms. The lowest BCUT2D eigenvalue weighted by Crippen LogP contribution is -2.11. The molecule has 3 nitrogen and oxygen atoms in total. The van der Waals surface area contributed by atoms with Gasteiger partial charge in [0.15, 0.2) is 0 Å². The van der Waals surface area contributed by atoms with Crippen molar-refractivity contribution in [2.45, 2.75) is 6.54 Å². The summed E-state index contributed by atoms with van der Waals surface area (Å²) in [6.07, 6.45) is 0. The third kappa shape index (κ3) is 3.98. The zero-order valence-electron chi connectivity index (χ0n) is 14.7. The molecule has 5 heteroatoms. The maximum atomic E-state index is 6.15. The van der Waals surface area contributed by atoms with Gasteiger partial charge in [-0.15, -0.1) is 0 Å². The number of hydrogen-bond acceptors (Lipinski definition) is 2. The molecule has 4 aromatic rings. The van der Waals surface area contributed by atoms with E-state index in [4.69, 9.17) is 21.1 Å². The SMILES string of the molecule is Clc1cc(Br)ccc1OCCOCCn1c2ccccc2c2ccccc21. The number of ether oxygens (including phenoxy) is 2. The zero-order valence-corrected chi connectivity index (χ0v) is 17.0. The number of halogens is 2. The summed E-state index contributed by atoms with van der Waals surface area (Å²) in [5.74, 6) is 0.672. The molecule has 3 aromatic carbocycles. The summed E-state index contributed by atoms with van der Waals surface area (Å²) >= 11 is 9.53. The topological polar surface area (TPSA) is 23.4 Å². The Morgan fingerprint density at radius 3 is 2.15 bits per heavy atom. The highest BCUT2D eigenvalue weighted by Crippen LogP contribution is 2.29. The Balaban J connectivity index is 1.35. The van der Waals surface area contributed by atoms with E-state index in [2.05, 4.69) is 69.0 Å². The molecule has 0 radical (unpaired) electrons. The van der Waals surface area contributed by atoms with Crippen molar-refractivity contribution in [3.63, 3.8) is 0 Å². The van der Waals surface area contributed by atoms with E-state index in [1.807, 2.05) is 18.2 Å². The lowest BCUT2D eigenvalue weighted by molar-refractivity contribution is 0.0955. The number of aromatic nitrogens is 1. The van der Waals surface area contributed by atoms with Crippen molar-refractivity contribution < 1.29 is 9.47 Å². The molecule has 0 unspecified atom stereocenters. The van der Waals surface area contributed by atoms with Gasteiger partial charge in [-0.1, -0.05) is 63.9 Å². The minimum Gasteiger partial charge on any atom is -0.490 e. The molecule has 0 N–H and O–H groups in total. The number of fused-ring (bicyclic) bond motifs is 3. The van der Waals surface area contributed by atoms with Crippen LogP contribution < -0.4 is 4.74 Å². The number of rotatable bonds is 7. The molecule has 0 spiro atoms. The largest absolute Gasteiger partial charge is 0.490 e. The number of para-hydroxylation sites is 2. The van der Waals surface area contributed by atoms with Crippen LogP contribution in [0.1, 0.15) is 0 Å². The minimum absolute atomic E-state index is 0.467. The normalized spacial score (nSPS) is 11.3. The molecule has 0 aliphatic rings. The van der Waals surface area contributed by atoms with E-state index < -0.39 is 0 Å². The van der Waals surface area contributed by atoms with Crippen molar-refractivity contribution in [1.29, 1.82) is 0 Å². The Labute approximate surface area is 171 Å². The summed E-state index contributed by atoms with van der Waals surface area (Å²) in [6.45, 7) is 2.41. The van der Waals surface area contributed by atoms with E-state index in [0.717, 1.165) is 11.0 Å². The van der Waals surface area contributed by atoms with Crippen LogP contribution in [0.2, 0.25) is 5.02 Å². The van der Waals surface area contributed by atoms with Crippen LogP contribution in [0.3, 0.4) is 0 Å². The zero-order chi connectivity index (χ0) is 18.6. The highest BCUT2D eigenvalue weighted by molar-refractivity contribution is 9.10. The second-order valence-electron chi connectivity index (χ2n) is 6.22. The van der Waals surface area contributed by atoms with Crippen LogP contribution in [0.4, 0.5) is 0 Å². The van der Waals surface area contributed by atoms with Crippen molar-refractivity contribution in [3.05, 3.63) is 76.2 Å². The van der Waals surface area contributed by atoms with Crippen LogP contribution in [0.15, 0.2) is 71.2 Å². The maximum absolute atomic E-state index is 6.15. The average molecular weight is 445 g/mol. The fraction of sp³-hybridized carbons (Fsp3) is 0.182. The number of benzene rings is 3. The van der Waals surface area contributed by atoms with Crippen LogP contribution >= 0.6 is 27.5 Å². The molecule has 0 saturated carbocycles. The van der Waals surface area contributed by atoms with Crippen LogP contribution in [-0.4, -0.2) is 24.4 Å². The monoisotopic (exact) mass is 443 g/mol. The molecule has 1 aromatic heterocycles. The lowest BCUT2D eigenvalue weighted by Gasteiger charge is -2.10. The lowest BCUT2D eigenvalue weighted by atomic mass is 10.2. The molecule has 138 valence electrons. The summed E-state index contributed by atoms with van der Waals surface area (Å²) < 4.78 is 14.7. The second-order valence-corrected chi connectivity index (χ2v) is 7.54. The first-order chi connectivity index (χ1) is 13.2. The van der Waals surface area contributed by atoms with Gasteiger partial charge < -0.3 is 14.0 Å². The molecule has 0 atom stereocenters. The van der Waals surface area contributed by atoms with Gasteiger partial charge in [0.05, 0.1) is 18.2 Å². The van der Waals surface area contributed by atoms with Gasteiger partial charge >= 0.3 is 0 Å². The van der Waals surface area contributed by atoms with E-state index in [9.17, 15) is 0 Å². The van der Waals surface area contributed by atoms with Crippen molar-refractivity contribution >= 4 is 49.3 Å². The Hall–Kier alpha value is -2.01. The first-order valence-corrected chi connectivity index (χ1v) is 10.0. The van der Waals surface area contributed by atoms with Crippen molar-refractivity contribution in [1.82, 2.24) is 4.57 Å². The van der Waals surface area contributed by atoms with Gasteiger partial charge in [0.1, 0.15) is 12.4 Å². The van der Waals surface area contributed by atoms with Gasteiger partial charge in [0, 0.05) is 32.8 Å². The van der Waals surface area contributed by atoms with Gasteiger partial charge in [0.2, 0.25) is 0 Å². The molecule has 0 aliphatic carbocycles. The van der Waals surface area contributed by atoms with E-state index in [0.29, 0.717) is 30.6 Å². The quantitative estimate of drug-likeness (QED) is 0.312. The predicted molar refractivity (Wildman–Crippen MR) is 115 cm³/mol. The molecular formula is C22H19BrClNO2. The van der Waals surface area contributed by atoms with Crippen molar-refractivity contribution in [2.24, 2.45) is 0 Å². The molecular weight excluding hydrogens is 426 g/mol. The van der Waals surface area contributed by atoms with Gasteiger partial charge in [-0.3, -0.25) is 0 Å². The first-order valence-electron chi connectivity index (χ1n) is 8.85. The van der Waals surface area contributed by atoms with E-state index in [-0.39, 0.29) is 0 Å². The Kier molecular flexibility index (Phi) is 5.67. The van der Waals surface area contributed by atoms with Gasteiger partial charge in [-0.05, 0) is 30.3 Å².